The van der Waals surface area contributed by atoms with Crippen LogP contribution < -0.4 is 14.8 Å². The molecule has 0 aliphatic heterocycles. The molecule has 0 spiro atoms. The van der Waals surface area contributed by atoms with E-state index in [1.807, 2.05) is 0 Å². The van der Waals surface area contributed by atoms with Gasteiger partial charge in [-0.2, -0.15) is 0 Å². The average Bonchev–Trinajstić information content (AvgIpc) is 2.36. The Morgan fingerprint density at radius 3 is 2.67 bits per heavy atom. The van der Waals surface area contributed by atoms with E-state index in [2.05, 4.69) is 5.32 Å². The number of carbonyl (C=O) groups is 2. The van der Waals surface area contributed by atoms with Gasteiger partial charge in [-0.05, 0) is 25.1 Å². The zero-order valence-electron chi connectivity index (χ0n) is 10.2. The van der Waals surface area contributed by atoms with Gasteiger partial charge in [0, 0.05) is 6.54 Å². The van der Waals surface area contributed by atoms with Gasteiger partial charge < -0.3 is 19.9 Å². The third-order valence-corrected chi connectivity index (χ3v) is 2.15. The van der Waals surface area contributed by atoms with E-state index in [4.69, 9.17) is 14.6 Å². The highest BCUT2D eigenvalue weighted by Gasteiger charge is 2.13. The molecule has 0 unspecified atom stereocenters. The van der Waals surface area contributed by atoms with Gasteiger partial charge in [-0.25, -0.2) is 4.79 Å². The predicted molar refractivity (Wildman–Crippen MR) is 64.1 cm³/mol. The van der Waals surface area contributed by atoms with E-state index in [9.17, 15) is 9.59 Å². The van der Waals surface area contributed by atoms with Crippen LogP contribution >= 0.6 is 0 Å². The molecule has 1 aromatic carbocycles. The van der Waals surface area contributed by atoms with Gasteiger partial charge in [0.2, 0.25) is 0 Å². The van der Waals surface area contributed by atoms with Crippen LogP contribution in [-0.2, 0) is 4.79 Å². The molecule has 2 N–H and O–H groups in total. The summed E-state index contributed by atoms with van der Waals surface area (Å²) in [5.74, 6) is -0.892. The number of benzene rings is 1. The van der Waals surface area contributed by atoms with Crippen molar-refractivity contribution in [3.8, 4) is 11.5 Å². The maximum absolute atomic E-state index is 11.2. The molecule has 0 saturated heterocycles. The van der Waals surface area contributed by atoms with E-state index in [1.165, 1.54) is 19.2 Å². The van der Waals surface area contributed by atoms with E-state index in [-0.39, 0.29) is 23.8 Å². The molecular weight excluding hydrogens is 238 g/mol. The number of carbonyl (C=O) groups excluding carboxylic acids is 1. The lowest BCUT2D eigenvalue weighted by Crippen LogP contribution is -2.28. The molecule has 6 heteroatoms. The number of methoxy groups -OCH3 is 1. The molecule has 0 atom stereocenters. The highest BCUT2D eigenvalue weighted by molar-refractivity contribution is 5.91. The summed E-state index contributed by atoms with van der Waals surface area (Å²) in [6.45, 7) is 2.06. The number of hydrogen-bond donors (Lipinski definition) is 2. The average molecular weight is 253 g/mol. The first kappa shape index (κ1) is 13.8. The number of aromatic carboxylic acids is 1. The lowest BCUT2D eigenvalue weighted by atomic mass is 10.2. The Morgan fingerprint density at radius 2 is 2.11 bits per heavy atom. The molecule has 0 bridgehead atoms. The largest absolute Gasteiger partial charge is 0.497 e. The second kappa shape index (κ2) is 6.48. The predicted octanol–water partition coefficient (Wildman–Crippen LogP) is 0.908. The van der Waals surface area contributed by atoms with E-state index in [1.54, 1.807) is 13.0 Å². The Morgan fingerprint density at radius 1 is 1.39 bits per heavy atom. The van der Waals surface area contributed by atoms with Crippen LogP contribution in [0.25, 0.3) is 0 Å². The summed E-state index contributed by atoms with van der Waals surface area (Å²) >= 11 is 0. The van der Waals surface area contributed by atoms with E-state index in [0.29, 0.717) is 12.3 Å². The fourth-order valence-electron chi connectivity index (χ4n) is 1.32. The molecule has 0 aliphatic rings. The monoisotopic (exact) mass is 253 g/mol. The summed E-state index contributed by atoms with van der Waals surface area (Å²) in [5.41, 5.74) is -0.0429. The molecular formula is C12H15NO5. The smallest absolute Gasteiger partial charge is 0.339 e. The van der Waals surface area contributed by atoms with Gasteiger partial charge in [0.25, 0.3) is 5.91 Å². The maximum Gasteiger partial charge on any atom is 0.339 e. The molecule has 98 valence electrons. The Bertz CT molecular complexity index is 444. The fraction of sp³-hybridized carbons (Fsp3) is 0.333. The highest BCUT2D eigenvalue weighted by atomic mass is 16.5. The third-order valence-electron chi connectivity index (χ3n) is 2.15. The summed E-state index contributed by atoms with van der Waals surface area (Å²) in [7, 11) is 1.44. The topological polar surface area (TPSA) is 84.9 Å². The number of ether oxygens (including phenoxy) is 2. The van der Waals surface area contributed by atoms with Gasteiger partial charge in [-0.1, -0.05) is 0 Å². The quantitative estimate of drug-likeness (QED) is 0.787. The molecule has 0 aliphatic carbocycles. The van der Waals surface area contributed by atoms with Crippen molar-refractivity contribution in [2.75, 3.05) is 20.3 Å². The minimum Gasteiger partial charge on any atom is -0.497 e. The van der Waals surface area contributed by atoms with Crippen LogP contribution in [0.1, 0.15) is 17.3 Å². The highest BCUT2D eigenvalue weighted by Crippen LogP contribution is 2.24. The lowest BCUT2D eigenvalue weighted by molar-refractivity contribution is -0.123. The first-order valence-corrected chi connectivity index (χ1v) is 5.39. The summed E-state index contributed by atoms with van der Waals surface area (Å²) in [4.78, 5) is 22.2. The van der Waals surface area contributed by atoms with Gasteiger partial charge in [-0.3, -0.25) is 4.79 Å². The maximum atomic E-state index is 11.2. The Balaban J connectivity index is 2.81. The Labute approximate surface area is 105 Å². The number of amides is 1. The second-order valence-electron chi connectivity index (χ2n) is 3.41. The van der Waals surface area contributed by atoms with Gasteiger partial charge in [0.05, 0.1) is 7.11 Å². The molecule has 0 aromatic heterocycles. The fourth-order valence-corrected chi connectivity index (χ4v) is 1.32. The van der Waals surface area contributed by atoms with Crippen LogP contribution in [0.4, 0.5) is 0 Å². The normalized spacial score (nSPS) is 9.67. The Hall–Kier alpha value is -2.24. The summed E-state index contributed by atoms with van der Waals surface area (Å²) in [6, 6.07) is 4.37. The molecule has 1 amide bonds. The zero-order valence-corrected chi connectivity index (χ0v) is 10.2. The number of nitrogens with one attached hydrogen (secondary N) is 1. The van der Waals surface area contributed by atoms with Crippen molar-refractivity contribution in [2.45, 2.75) is 6.92 Å². The van der Waals surface area contributed by atoms with Crippen LogP contribution in [0.5, 0.6) is 11.5 Å². The van der Waals surface area contributed by atoms with Crippen LogP contribution in [0.2, 0.25) is 0 Å². The molecule has 6 nitrogen and oxygen atoms in total. The minimum atomic E-state index is -1.14. The Kier molecular flexibility index (Phi) is 4.98. The van der Waals surface area contributed by atoms with Gasteiger partial charge in [0.15, 0.2) is 6.61 Å². The van der Waals surface area contributed by atoms with E-state index < -0.39 is 5.97 Å². The summed E-state index contributed by atoms with van der Waals surface area (Å²) in [6.07, 6.45) is 0. The van der Waals surface area contributed by atoms with Crippen molar-refractivity contribution >= 4 is 11.9 Å². The van der Waals surface area contributed by atoms with E-state index in [0.717, 1.165) is 0 Å². The standard InChI is InChI=1S/C12H15NO5/c1-3-13-11(14)7-18-10-5-4-8(17-2)6-9(10)12(15)16/h4-6H,3,7H2,1-2H3,(H,13,14)(H,15,16). The van der Waals surface area contributed by atoms with Crippen molar-refractivity contribution in [2.24, 2.45) is 0 Å². The molecule has 0 heterocycles. The lowest BCUT2D eigenvalue weighted by Gasteiger charge is -2.10. The van der Waals surface area contributed by atoms with Gasteiger partial charge in [-0.15, -0.1) is 0 Å². The van der Waals surface area contributed by atoms with E-state index >= 15 is 0 Å². The van der Waals surface area contributed by atoms with Crippen LogP contribution in [-0.4, -0.2) is 37.2 Å². The number of likely N-dealkylation sites (N-methyl/N-ethyl adjacent to an activating group) is 1. The van der Waals surface area contributed by atoms with Crippen LogP contribution in [0.3, 0.4) is 0 Å². The summed E-state index contributed by atoms with van der Waals surface area (Å²) < 4.78 is 10.1. The van der Waals surface area contributed by atoms with Crippen molar-refractivity contribution < 1.29 is 24.2 Å². The minimum absolute atomic E-state index is 0.0429. The van der Waals surface area contributed by atoms with Crippen molar-refractivity contribution in [1.29, 1.82) is 0 Å². The first-order valence-electron chi connectivity index (χ1n) is 5.39. The number of carboxylic acids is 1. The molecule has 0 saturated carbocycles. The number of carboxylic acid groups (broad SMARTS) is 1. The number of hydrogen-bond acceptors (Lipinski definition) is 4. The molecule has 1 aromatic rings. The van der Waals surface area contributed by atoms with Crippen molar-refractivity contribution in [1.82, 2.24) is 5.32 Å². The first-order chi connectivity index (χ1) is 8.58. The van der Waals surface area contributed by atoms with Crippen molar-refractivity contribution in [3.63, 3.8) is 0 Å². The second-order valence-corrected chi connectivity index (χ2v) is 3.41. The third kappa shape index (κ3) is 3.65. The molecule has 0 radical (unpaired) electrons. The molecule has 0 fully saturated rings. The van der Waals surface area contributed by atoms with Gasteiger partial charge in [0.1, 0.15) is 17.1 Å². The van der Waals surface area contributed by atoms with Gasteiger partial charge >= 0.3 is 5.97 Å². The van der Waals surface area contributed by atoms with Crippen LogP contribution in [0.15, 0.2) is 18.2 Å². The van der Waals surface area contributed by atoms with Crippen LogP contribution in [0, 0.1) is 0 Å². The zero-order chi connectivity index (χ0) is 13.5. The van der Waals surface area contributed by atoms with Crippen molar-refractivity contribution in [3.05, 3.63) is 23.8 Å². The molecule has 1 rings (SSSR count). The summed E-state index contributed by atoms with van der Waals surface area (Å²) in [5, 5.41) is 11.6. The molecule has 18 heavy (non-hydrogen) atoms. The SMILES string of the molecule is CCNC(=O)COc1ccc(OC)cc1C(=O)O. The number of rotatable bonds is 6.